The van der Waals surface area contributed by atoms with Gasteiger partial charge in [0.05, 0.1) is 11.8 Å². The summed E-state index contributed by atoms with van der Waals surface area (Å²) in [6.07, 6.45) is 1.18. The number of halogens is 3. The summed E-state index contributed by atoms with van der Waals surface area (Å²) < 4.78 is 43.7. The van der Waals surface area contributed by atoms with Crippen LogP contribution in [0.2, 0.25) is 0 Å². The fraction of sp³-hybridized carbons (Fsp3) is 0.344. The predicted octanol–water partition coefficient (Wildman–Crippen LogP) is 5.72. The Bertz CT molecular complexity index is 1520. The molecule has 1 fully saturated rings. The molecule has 0 spiro atoms. The van der Waals surface area contributed by atoms with E-state index in [0.29, 0.717) is 17.1 Å². The number of rotatable bonds is 8. The van der Waals surface area contributed by atoms with Gasteiger partial charge in [0.1, 0.15) is 11.5 Å². The van der Waals surface area contributed by atoms with Gasteiger partial charge in [0.2, 0.25) is 0 Å². The van der Waals surface area contributed by atoms with Crippen LogP contribution in [0.5, 0.6) is 0 Å². The first kappa shape index (κ1) is 30.8. The van der Waals surface area contributed by atoms with E-state index in [4.69, 9.17) is 0 Å². The van der Waals surface area contributed by atoms with E-state index in [1.54, 1.807) is 42.1 Å². The monoisotopic (exact) mass is 576 g/mol. The van der Waals surface area contributed by atoms with Gasteiger partial charge in [-0.1, -0.05) is 31.6 Å². The molecule has 1 aliphatic heterocycles. The van der Waals surface area contributed by atoms with Crippen molar-refractivity contribution in [1.29, 1.82) is 0 Å². The molecule has 2 aromatic carbocycles. The van der Waals surface area contributed by atoms with Gasteiger partial charge in [-0.05, 0) is 74.2 Å². The van der Waals surface area contributed by atoms with Gasteiger partial charge < -0.3 is 10.2 Å². The van der Waals surface area contributed by atoms with Crippen LogP contribution in [0.15, 0.2) is 60.4 Å². The molecule has 3 aromatic rings. The molecule has 1 aliphatic rings. The van der Waals surface area contributed by atoms with Crippen LogP contribution >= 0.6 is 0 Å². The summed E-state index contributed by atoms with van der Waals surface area (Å²) in [6.45, 7) is 13.7. The molecule has 7 nitrogen and oxygen atoms in total. The molecule has 0 unspecified atom stereocenters. The lowest BCUT2D eigenvalue weighted by Gasteiger charge is -2.35. The maximum Gasteiger partial charge on any atom is 0.416 e. The number of nitrogens with one attached hydrogen (secondary N) is 1. The number of benzene rings is 2. The number of imidazole rings is 1. The van der Waals surface area contributed by atoms with Crippen molar-refractivity contribution in [3.05, 3.63) is 94.6 Å². The second-order valence-corrected chi connectivity index (χ2v) is 10.2. The van der Waals surface area contributed by atoms with Crippen molar-refractivity contribution >= 4 is 17.8 Å². The fourth-order valence-electron chi connectivity index (χ4n) is 4.80. The number of carbonyl (C=O) groups is 1. The first-order valence-corrected chi connectivity index (χ1v) is 13.9. The average Bonchev–Trinajstić information content (AvgIpc) is 3.31. The summed E-state index contributed by atoms with van der Waals surface area (Å²) in [5.41, 5.74) is 1.82. The smallest absolute Gasteiger partial charge is 0.322 e. The molecule has 1 aromatic heterocycles. The van der Waals surface area contributed by atoms with Gasteiger partial charge in [-0.25, -0.2) is 9.66 Å². The van der Waals surface area contributed by atoms with Crippen molar-refractivity contribution in [2.45, 2.75) is 39.9 Å². The average molecular weight is 577 g/mol. The number of aryl methyl sites for hydroxylation is 2. The third-order valence-electron chi connectivity index (χ3n) is 7.09. The van der Waals surface area contributed by atoms with Crippen LogP contribution in [0, 0.1) is 25.7 Å². The number of nitrogens with zero attached hydrogens (tertiary/aromatic N) is 5. The molecule has 1 N–H and O–H groups in total. The minimum Gasteiger partial charge on any atom is -0.322 e. The predicted molar refractivity (Wildman–Crippen MR) is 160 cm³/mol. The Labute approximate surface area is 244 Å². The quantitative estimate of drug-likeness (QED) is 0.275. The van der Waals surface area contributed by atoms with Crippen LogP contribution in [0.1, 0.15) is 57.5 Å². The molecule has 1 saturated heterocycles. The van der Waals surface area contributed by atoms with Gasteiger partial charge in [-0.2, -0.15) is 18.3 Å². The molecule has 1 amide bonds. The lowest BCUT2D eigenvalue weighted by molar-refractivity contribution is -0.138. The molecule has 0 atom stereocenters. The van der Waals surface area contributed by atoms with Crippen LogP contribution < -0.4 is 5.32 Å². The molecule has 220 valence electrons. The molecule has 0 radical (unpaired) electrons. The SMILES string of the molecule is C=C/C=N\n1c(C#Cc2cc(C(=O)Nc3ccc(CN4CCN(CCC)CC4)c(C(F)(F)F)c3)ccc2C)cnc1C. The Kier molecular flexibility index (Phi) is 9.99. The first-order valence-electron chi connectivity index (χ1n) is 13.9. The zero-order chi connectivity index (χ0) is 30.3. The third-order valence-corrected chi connectivity index (χ3v) is 7.09. The molecular formula is C32H35F3N6O. The Morgan fingerprint density at radius 2 is 1.83 bits per heavy atom. The Hall–Kier alpha value is -4.20. The summed E-state index contributed by atoms with van der Waals surface area (Å²) in [5, 5.41) is 6.87. The second-order valence-electron chi connectivity index (χ2n) is 10.2. The third kappa shape index (κ3) is 7.75. The van der Waals surface area contributed by atoms with Gasteiger partial charge >= 0.3 is 6.18 Å². The van der Waals surface area contributed by atoms with Crippen LogP contribution in [0.3, 0.4) is 0 Å². The Morgan fingerprint density at radius 3 is 2.52 bits per heavy atom. The van der Waals surface area contributed by atoms with Crippen LogP contribution in [0.25, 0.3) is 0 Å². The number of amides is 1. The molecule has 0 aliphatic carbocycles. The number of anilines is 1. The molecule has 42 heavy (non-hydrogen) atoms. The van der Waals surface area contributed by atoms with E-state index in [1.165, 1.54) is 18.3 Å². The minimum atomic E-state index is -4.55. The Balaban J connectivity index is 1.51. The van der Waals surface area contributed by atoms with E-state index < -0.39 is 17.6 Å². The summed E-state index contributed by atoms with van der Waals surface area (Å²) in [7, 11) is 0. The topological polar surface area (TPSA) is 65.8 Å². The number of hydrogen-bond acceptors (Lipinski definition) is 5. The molecule has 0 bridgehead atoms. The number of piperazine rings is 1. The van der Waals surface area contributed by atoms with Crippen molar-refractivity contribution in [1.82, 2.24) is 19.5 Å². The zero-order valence-corrected chi connectivity index (χ0v) is 24.1. The van der Waals surface area contributed by atoms with Gasteiger partial charge in [0.25, 0.3) is 5.91 Å². The van der Waals surface area contributed by atoms with Crippen LogP contribution in [0.4, 0.5) is 18.9 Å². The normalized spacial score (nSPS) is 14.5. The molecule has 2 heterocycles. The van der Waals surface area contributed by atoms with Crippen molar-refractivity contribution in [3.8, 4) is 11.8 Å². The maximum absolute atomic E-state index is 14.1. The lowest BCUT2D eigenvalue weighted by Crippen LogP contribution is -2.46. The molecule has 4 rings (SSSR count). The molecule has 0 saturated carbocycles. The lowest BCUT2D eigenvalue weighted by atomic mass is 10.0. The van der Waals surface area contributed by atoms with E-state index in [9.17, 15) is 18.0 Å². The Morgan fingerprint density at radius 1 is 1.10 bits per heavy atom. The number of aromatic nitrogens is 2. The highest BCUT2D eigenvalue weighted by atomic mass is 19.4. The highest BCUT2D eigenvalue weighted by Crippen LogP contribution is 2.34. The zero-order valence-electron chi connectivity index (χ0n) is 24.1. The first-order chi connectivity index (χ1) is 20.1. The maximum atomic E-state index is 14.1. The number of alkyl halides is 3. The summed E-state index contributed by atoms with van der Waals surface area (Å²) >= 11 is 0. The van der Waals surface area contributed by atoms with Crippen molar-refractivity contribution in [2.24, 2.45) is 5.10 Å². The van der Waals surface area contributed by atoms with E-state index in [1.807, 2.05) is 11.8 Å². The summed E-state index contributed by atoms with van der Waals surface area (Å²) in [6, 6.07) is 9.00. The van der Waals surface area contributed by atoms with E-state index in [0.717, 1.165) is 50.8 Å². The summed E-state index contributed by atoms with van der Waals surface area (Å²) in [5.74, 6) is 6.21. The van der Waals surface area contributed by atoms with Crippen molar-refractivity contribution in [3.63, 3.8) is 0 Å². The van der Waals surface area contributed by atoms with E-state index >= 15 is 0 Å². The second kappa shape index (κ2) is 13.6. The van der Waals surface area contributed by atoms with Crippen LogP contribution in [-0.4, -0.2) is 64.3 Å². The standard InChI is InChI=1S/C32H35F3N6O/c1-5-13-37-41-24(4)36-21-29(41)12-10-25-19-26(8-7-23(25)3)31(42)38-28-11-9-27(30(20-28)32(33,34)35)22-40-17-15-39(14-6-2)16-18-40/h5,7-9,11,13,19-21H,1,6,14-18,22H2,2-4H3,(H,38,42)/b37-13-. The van der Waals surface area contributed by atoms with Crippen molar-refractivity contribution < 1.29 is 18.0 Å². The number of carbonyl (C=O) groups excluding carboxylic acids is 1. The van der Waals surface area contributed by atoms with Gasteiger partial charge in [0, 0.05) is 55.8 Å². The van der Waals surface area contributed by atoms with E-state index in [2.05, 4.69) is 45.6 Å². The fourth-order valence-corrected chi connectivity index (χ4v) is 4.80. The van der Waals surface area contributed by atoms with Crippen molar-refractivity contribution in [2.75, 3.05) is 38.0 Å². The van der Waals surface area contributed by atoms with E-state index in [-0.39, 0.29) is 23.4 Å². The highest BCUT2D eigenvalue weighted by molar-refractivity contribution is 6.04. The van der Waals surface area contributed by atoms with Gasteiger partial charge in [-0.15, -0.1) is 0 Å². The highest BCUT2D eigenvalue weighted by Gasteiger charge is 2.34. The molecule has 10 heteroatoms. The van der Waals surface area contributed by atoms with Crippen LogP contribution in [-0.2, 0) is 12.7 Å². The largest absolute Gasteiger partial charge is 0.416 e. The van der Waals surface area contributed by atoms with Gasteiger partial charge in [0.15, 0.2) is 0 Å². The minimum absolute atomic E-state index is 0.0801. The van der Waals surface area contributed by atoms with Gasteiger partial charge in [-0.3, -0.25) is 9.69 Å². The summed E-state index contributed by atoms with van der Waals surface area (Å²) in [4.78, 5) is 21.7. The number of hydrogen-bond donors (Lipinski definition) is 1. The molecular weight excluding hydrogens is 541 g/mol. The number of allylic oxidation sites excluding steroid dienone is 1.